The van der Waals surface area contributed by atoms with Crippen molar-refractivity contribution in [2.24, 2.45) is 0 Å². The monoisotopic (exact) mass is 246 g/mol. The number of nitrogens with zero attached hydrogens (tertiary/aromatic N) is 1. The third-order valence-electron chi connectivity index (χ3n) is 2.91. The second-order valence-corrected chi connectivity index (χ2v) is 5.03. The van der Waals surface area contributed by atoms with Crippen LogP contribution in [0.4, 0.5) is 0 Å². The first-order chi connectivity index (χ1) is 8.68. The van der Waals surface area contributed by atoms with E-state index in [0.29, 0.717) is 0 Å². The molecule has 0 saturated heterocycles. The summed E-state index contributed by atoms with van der Waals surface area (Å²) in [6, 6.07) is 10.6. The molecule has 0 heterocycles. The Morgan fingerprint density at radius 3 is 2.56 bits per heavy atom. The van der Waals surface area contributed by atoms with Gasteiger partial charge in [0.2, 0.25) is 0 Å². The molecule has 100 valence electrons. The standard InChI is InChI=1S/C16H26N2/c1-15(2)10-13-18(3)14-12-17-11-9-16-7-5-4-6-8-16/h4-8,10,17H,9,11-14H2,1-3H3. The number of hydrogen-bond donors (Lipinski definition) is 1. The van der Waals surface area contributed by atoms with Crippen LogP contribution >= 0.6 is 0 Å². The molecule has 0 radical (unpaired) electrons. The molecule has 0 saturated carbocycles. The SMILES string of the molecule is CC(C)=CCN(C)CCNCCc1ccccc1. The number of hydrogen-bond acceptors (Lipinski definition) is 2. The number of nitrogens with one attached hydrogen (secondary N) is 1. The minimum atomic E-state index is 1.04. The molecule has 2 heteroatoms. The van der Waals surface area contributed by atoms with Crippen LogP contribution in [0.1, 0.15) is 19.4 Å². The Morgan fingerprint density at radius 2 is 1.89 bits per heavy atom. The lowest BCUT2D eigenvalue weighted by molar-refractivity contribution is 0.365. The first kappa shape index (κ1) is 14.9. The summed E-state index contributed by atoms with van der Waals surface area (Å²) in [6.45, 7) is 8.54. The molecule has 1 aromatic rings. The molecule has 0 aromatic heterocycles. The van der Waals surface area contributed by atoms with Crippen LogP contribution in [-0.2, 0) is 6.42 Å². The zero-order chi connectivity index (χ0) is 13.2. The Hall–Kier alpha value is -1.12. The molecule has 0 atom stereocenters. The Kier molecular flexibility index (Phi) is 7.38. The lowest BCUT2D eigenvalue weighted by atomic mass is 10.1. The van der Waals surface area contributed by atoms with Crippen molar-refractivity contribution in [1.82, 2.24) is 10.2 Å². The van der Waals surface area contributed by atoms with E-state index < -0.39 is 0 Å². The van der Waals surface area contributed by atoms with E-state index in [1.165, 1.54) is 11.1 Å². The van der Waals surface area contributed by atoms with Crippen molar-refractivity contribution in [2.75, 3.05) is 33.2 Å². The van der Waals surface area contributed by atoms with E-state index in [0.717, 1.165) is 32.6 Å². The van der Waals surface area contributed by atoms with Crippen molar-refractivity contribution in [1.29, 1.82) is 0 Å². The summed E-state index contributed by atoms with van der Waals surface area (Å²) >= 11 is 0. The summed E-state index contributed by atoms with van der Waals surface area (Å²) in [6.07, 6.45) is 3.38. The Labute approximate surface area is 112 Å². The highest BCUT2D eigenvalue weighted by atomic mass is 15.1. The first-order valence-electron chi connectivity index (χ1n) is 6.75. The topological polar surface area (TPSA) is 15.3 Å². The Balaban J connectivity index is 2.03. The predicted octanol–water partition coefficient (Wildman–Crippen LogP) is 2.72. The van der Waals surface area contributed by atoms with Crippen LogP contribution in [0.2, 0.25) is 0 Å². The summed E-state index contributed by atoms with van der Waals surface area (Å²) in [7, 11) is 2.16. The molecular weight excluding hydrogens is 220 g/mol. The number of benzene rings is 1. The normalized spacial score (nSPS) is 10.7. The summed E-state index contributed by atoms with van der Waals surface area (Å²) in [5.41, 5.74) is 2.79. The van der Waals surface area contributed by atoms with Crippen molar-refractivity contribution < 1.29 is 0 Å². The van der Waals surface area contributed by atoms with Crippen molar-refractivity contribution in [2.45, 2.75) is 20.3 Å². The molecule has 1 N–H and O–H groups in total. The third-order valence-corrected chi connectivity index (χ3v) is 2.91. The van der Waals surface area contributed by atoms with Gasteiger partial charge in [-0.2, -0.15) is 0 Å². The first-order valence-corrected chi connectivity index (χ1v) is 6.75. The molecule has 0 spiro atoms. The van der Waals surface area contributed by atoms with Crippen LogP contribution < -0.4 is 5.32 Å². The largest absolute Gasteiger partial charge is 0.315 e. The molecule has 0 bridgehead atoms. The fraction of sp³-hybridized carbons (Fsp3) is 0.500. The summed E-state index contributed by atoms with van der Waals surface area (Å²) in [4.78, 5) is 2.34. The van der Waals surface area contributed by atoms with E-state index >= 15 is 0 Å². The van der Waals surface area contributed by atoms with Gasteiger partial charge in [-0.3, -0.25) is 0 Å². The minimum Gasteiger partial charge on any atom is -0.315 e. The molecule has 18 heavy (non-hydrogen) atoms. The highest BCUT2D eigenvalue weighted by Crippen LogP contribution is 1.98. The zero-order valence-electron chi connectivity index (χ0n) is 11.9. The van der Waals surface area contributed by atoms with E-state index in [-0.39, 0.29) is 0 Å². The van der Waals surface area contributed by atoms with E-state index in [2.05, 4.69) is 67.5 Å². The quantitative estimate of drug-likeness (QED) is 0.560. The molecular formula is C16H26N2. The molecule has 0 aliphatic rings. The van der Waals surface area contributed by atoms with E-state index in [9.17, 15) is 0 Å². The highest BCUT2D eigenvalue weighted by molar-refractivity contribution is 5.14. The predicted molar refractivity (Wildman–Crippen MR) is 79.9 cm³/mol. The van der Waals surface area contributed by atoms with Gasteiger partial charge in [-0.15, -0.1) is 0 Å². The van der Waals surface area contributed by atoms with Gasteiger partial charge in [0.1, 0.15) is 0 Å². The maximum absolute atomic E-state index is 3.49. The number of likely N-dealkylation sites (N-methyl/N-ethyl adjacent to an activating group) is 1. The lowest BCUT2D eigenvalue weighted by Gasteiger charge is -2.15. The van der Waals surface area contributed by atoms with E-state index in [4.69, 9.17) is 0 Å². The molecule has 0 unspecified atom stereocenters. The van der Waals surface area contributed by atoms with Gasteiger partial charge < -0.3 is 10.2 Å². The van der Waals surface area contributed by atoms with Crippen molar-refractivity contribution in [3.8, 4) is 0 Å². The second kappa shape index (κ2) is 8.90. The maximum atomic E-state index is 3.49. The van der Waals surface area contributed by atoms with Crippen molar-refractivity contribution in [3.63, 3.8) is 0 Å². The summed E-state index contributed by atoms with van der Waals surface area (Å²) in [5, 5.41) is 3.49. The molecule has 0 fully saturated rings. The average molecular weight is 246 g/mol. The van der Waals surface area contributed by atoms with Crippen LogP contribution in [0.5, 0.6) is 0 Å². The fourth-order valence-corrected chi connectivity index (χ4v) is 1.70. The average Bonchev–Trinajstić information content (AvgIpc) is 2.37. The molecule has 2 nitrogen and oxygen atoms in total. The van der Waals surface area contributed by atoms with Crippen molar-refractivity contribution >= 4 is 0 Å². The van der Waals surface area contributed by atoms with E-state index in [1.807, 2.05) is 0 Å². The Bertz CT molecular complexity index is 339. The third kappa shape index (κ3) is 7.25. The van der Waals surface area contributed by atoms with Crippen LogP contribution in [0.3, 0.4) is 0 Å². The summed E-state index contributed by atoms with van der Waals surface area (Å²) in [5.74, 6) is 0. The Morgan fingerprint density at radius 1 is 1.17 bits per heavy atom. The number of allylic oxidation sites excluding steroid dienone is 1. The molecule has 0 amide bonds. The summed E-state index contributed by atoms with van der Waals surface area (Å²) < 4.78 is 0. The van der Waals surface area contributed by atoms with E-state index in [1.54, 1.807) is 0 Å². The van der Waals surface area contributed by atoms with Crippen LogP contribution in [0, 0.1) is 0 Å². The molecule has 0 aliphatic carbocycles. The van der Waals surface area contributed by atoms with Gasteiger partial charge in [-0.25, -0.2) is 0 Å². The molecule has 0 aliphatic heterocycles. The van der Waals surface area contributed by atoms with Gasteiger partial charge in [-0.1, -0.05) is 42.0 Å². The van der Waals surface area contributed by atoms with Crippen LogP contribution in [0.25, 0.3) is 0 Å². The van der Waals surface area contributed by atoms with Gasteiger partial charge in [0, 0.05) is 19.6 Å². The van der Waals surface area contributed by atoms with Crippen LogP contribution in [-0.4, -0.2) is 38.1 Å². The highest BCUT2D eigenvalue weighted by Gasteiger charge is 1.95. The smallest absolute Gasteiger partial charge is 0.0163 e. The number of rotatable bonds is 8. The van der Waals surface area contributed by atoms with Gasteiger partial charge in [0.15, 0.2) is 0 Å². The fourth-order valence-electron chi connectivity index (χ4n) is 1.70. The van der Waals surface area contributed by atoms with Crippen LogP contribution in [0.15, 0.2) is 42.0 Å². The lowest BCUT2D eigenvalue weighted by Crippen LogP contribution is -2.30. The minimum absolute atomic E-state index is 1.04. The molecule has 1 rings (SSSR count). The maximum Gasteiger partial charge on any atom is 0.0163 e. The molecule has 1 aromatic carbocycles. The van der Waals surface area contributed by atoms with Crippen molar-refractivity contribution in [3.05, 3.63) is 47.5 Å². The van der Waals surface area contributed by atoms with Gasteiger partial charge in [0.25, 0.3) is 0 Å². The zero-order valence-corrected chi connectivity index (χ0v) is 11.9. The van der Waals surface area contributed by atoms with Gasteiger partial charge in [0.05, 0.1) is 0 Å². The van der Waals surface area contributed by atoms with Gasteiger partial charge >= 0.3 is 0 Å². The van der Waals surface area contributed by atoms with Gasteiger partial charge in [-0.05, 0) is 39.4 Å². The second-order valence-electron chi connectivity index (χ2n) is 5.03.